The Hall–Kier alpha value is -3.28. The fourth-order valence-electron chi connectivity index (χ4n) is 2.61. The van der Waals surface area contributed by atoms with Crippen LogP contribution in [0, 0.1) is 5.82 Å². The Morgan fingerprint density at radius 1 is 1.04 bits per heavy atom. The van der Waals surface area contributed by atoms with Gasteiger partial charge in [0.05, 0.1) is 6.20 Å². The van der Waals surface area contributed by atoms with Crippen molar-refractivity contribution in [3.05, 3.63) is 71.9 Å². The molecule has 3 aromatic rings. The summed E-state index contributed by atoms with van der Waals surface area (Å²) in [6, 6.07) is 12.4. The molecule has 2 aromatic carbocycles. The van der Waals surface area contributed by atoms with Crippen LogP contribution in [-0.4, -0.2) is 16.7 Å². The zero-order chi connectivity index (χ0) is 20.1. The Morgan fingerprint density at radius 2 is 1.71 bits per heavy atom. The van der Waals surface area contributed by atoms with Gasteiger partial charge in [-0.1, -0.05) is 13.8 Å². The lowest BCUT2D eigenvalue weighted by atomic mass is 10.1. The number of nitrogens with one attached hydrogen (secondary N) is 1. The Bertz CT molecular complexity index is 960. The van der Waals surface area contributed by atoms with E-state index in [0.717, 1.165) is 11.3 Å². The van der Waals surface area contributed by atoms with Gasteiger partial charge in [0.25, 0.3) is 0 Å². The topological polar surface area (TPSA) is 72.2 Å². The Balaban J connectivity index is 1.54. The summed E-state index contributed by atoms with van der Waals surface area (Å²) in [5.74, 6) is 0.752. The van der Waals surface area contributed by atoms with Crippen LogP contribution >= 0.6 is 0 Å². The van der Waals surface area contributed by atoms with E-state index in [1.165, 1.54) is 24.3 Å². The predicted molar refractivity (Wildman–Crippen MR) is 105 cm³/mol. The summed E-state index contributed by atoms with van der Waals surface area (Å²) in [5.41, 5.74) is 1.83. The van der Waals surface area contributed by atoms with Gasteiger partial charge in [-0.3, -0.25) is 9.59 Å². The quantitative estimate of drug-likeness (QED) is 0.572. The second-order valence-electron chi connectivity index (χ2n) is 6.78. The summed E-state index contributed by atoms with van der Waals surface area (Å²) in [4.78, 5) is 28.4. The van der Waals surface area contributed by atoms with E-state index in [2.05, 4.69) is 10.3 Å². The maximum Gasteiger partial charge on any atom is 0.226 e. The van der Waals surface area contributed by atoms with Crippen LogP contribution in [-0.2, 0) is 4.79 Å². The van der Waals surface area contributed by atoms with Gasteiger partial charge < -0.3 is 9.73 Å². The zero-order valence-electron chi connectivity index (χ0n) is 15.7. The molecule has 0 fully saturated rings. The fraction of sp³-hybridized carbons (Fsp3) is 0.227. The lowest BCUT2D eigenvalue weighted by molar-refractivity contribution is -0.116. The summed E-state index contributed by atoms with van der Waals surface area (Å²) >= 11 is 0. The first kappa shape index (κ1) is 19.5. The minimum Gasteiger partial charge on any atom is -0.441 e. The first-order valence-corrected chi connectivity index (χ1v) is 9.07. The van der Waals surface area contributed by atoms with Crippen molar-refractivity contribution in [2.45, 2.75) is 32.6 Å². The van der Waals surface area contributed by atoms with Crippen LogP contribution in [0.25, 0.3) is 11.5 Å². The summed E-state index contributed by atoms with van der Waals surface area (Å²) < 4.78 is 18.6. The molecular weight excluding hydrogens is 359 g/mol. The van der Waals surface area contributed by atoms with Gasteiger partial charge in [-0.2, -0.15) is 0 Å². The van der Waals surface area contributed by atoms with Crippen LogP contribution in [0.4, 0.5) is 10.1 Å². The molecule has 5 nitrogen and oxygen atoms in total. The molecule has 0 aliphatic heterocycles. The van der Waals surface area contributed by atoms with Crippen LogP contribution in [0.5, 0.6) is 0 Å². The molecule has 1 aromatic heterocycles. The van der Waals surface area contributed by atoms with Gasteiger partial charge in [0.2, 0.25) is 11.8 Å². The highest BCUT2D eigenvalue weighted by Crippen LogP contribution is 2.24. The van der Waals surface area contributed by atoms with Crippen molar-refractivity contribution in [2.75, 3.05) is 5.32 Å². The smallest absolute Gasteiger partial charge is 0.226 e. The number of nitrogens with zero attached hydrogens (tertiary/aromatic N) is 1. The molecule has 0 saturated carbocycles. The molecule has 0 atom stereocenters. The van der Waals surface area contributed by atoms with Crippen molar-refractivity contribution in [2.24, 2.45) is 0 Å². The highest BCUT2D eigenvalue weighted by Gasteiger charge is 2.11. The maximum atomic E-state index is 12.9. The van der Waals surface area contributed by atoms with Crippen molar-refractivity contribution in [3.8, 4) is 11.5 Å². The molecule has 144 valence electrons. The molecule has 0 aliphatic carbocycles. The number of ketones is 1. The third-order valence-electron chi connectivity index (χ3n) is 4.25. The molecule has 0 spiro atoms. The van der Waals surface area contributed by atoms with Crippen LogP contribution < -0.4 is 5.32 Å². The number of oxazole rings is 1. The summed E-state index contributed by atoms with van der Waals surface area (Å²) in [6.45, 7) is 4.06. The fourth-order valence-corrected chi connectivity index (χ4v) is 2.61. The minimum absolute atomic E-state index is 0.0510. The number of hydrogen-bond acceptors (Lipinski definition) is 4. The van der Waals surface area contributed by atoms with E-state index < -0.39 is 5.82 Å². The van der Waals surface area contributed by atoms with Gasteiger partial charge in [0.15, 0.2) is 5.78 Å². The number of hydrogen-bond donors (Lipinski definition) is 1. The van der Waals surface area contributed by atoms with Crippen LogP contribution in [0.2, 0.25) is 0 Å². The monoisotopic (exact) mass is 380 g/mol. The molecule has 0 saturated heterocycles. The molecule has 1 amide bonds. The average molecular weight is 380 g/mol. The first-order valence-electron chi connectivity index (χ1n) is 9.07. The van der Waals surface area contributed by atoms with Crippen molar-refractivity contribution in [1.29, 1.82) is 0 Å². The summed E-state index contributed by atoms with van der Waals surface area (Å²) in [5, 5.41) is 2.76. The number of Topliss-reactive ketones (excluding diaryl/α,β-unsaturated/α-hetero) is 1. The normalized spacial score (nSPS) is 10.9. The third-order valence-corrected chi connectivity index (χ3v) is 4.25. The Morgan fingerprint density at radius 3 is 2.32 bits per heavy atom. The van der Waals surface area contributed by atoms with E-state index in [1.54, 1.807) is 18.3 Å². The van der Waals surface area contributed by atoms with Crippen LogP contribution in [0.15, 0.2) is 59.1 Å². The largest absolute Gasteiger partial charge is 0.441 e. The molecule has 6 heteroatoms. The standard InChI is InChI=1S/C22H21FN2O3/c1-14(2)20-13-24-22(28-20)16-5-9-18(10-6-16)25-21(27)12-11-19(26)15-3-7-17(23)8-4-15/h3-10,13-14H,11-12H2,1-2H3,(H,25,27). The van der Waals surface area contributed by atoms with Gasteiger partial charge >= 0.3 is 0 Å². The molecule has 0 unspecified atom stereocenters. The molecule has 0 radical (unpaired) electrons. The summed E-state index contributed by atoms with van der Waals surface area (Å²) in [6.07, 6.45) is 1.83. The predicted octanol–water partition coefficient (Wildman–Crippen LogP) is 5.21. The van der Waals surface area contributed by atoms with E-state index in [1.807, 2.05) is 26.0 Å². The Labute approximate surface area is 162 Å². The van der Waals surface area contributed by atoms with E-state index >= 15 is 0 Å². The zero-order valence-corrected chi connectivity index (χ0v) is 15.7. The molecule has 0 aliphatic rings. The van der Waals surface area contributed by atoms with Gasteiger partial charge in [0.1, 0.15) is 11.6 Å². The third kappa shape index (κ3) is 4.91. The molecule has 1 N–H and O–H groups in total. The summed E-state index contributed by atoms with van der Waals surface area (Å²) in [7, 11) is 0. The highest BCUT2D eigenvalue weighted by molar-refractivity contribution is 6.00. The SMILES string of the molecule is CC(C)c1cnc(-c2ccc(NC(=O)CCC(=O)c3ccc(F)cc3)cc2)o1. The molecule has 1 heterocycles. The van der Waals surface area contributed by atoms with Crippen molar-refractivity contribution >= 4 is 17.4 Å². The van der Waals surface area contributed by atoms with Crippen molar-refractivity contribution < 1.29 is 18.4 Å². The number of carbonyl (C=O) groups is 2. The van der Waals surface area contributed by atoms with Gasteiger partial charge in [0, 0.05) is 35.6 Å². The number of aromatic nitrogens is 1. The van der Waals surface area contributed by atoms with Crippen LogP contribution in [0.1, 0.15) is 48.7 Å². The number of benzene rings is 2. The van der Waals surface area contributed by atoms with Gasteiger partial charge in [-0.15, -0.1) is 0 Å². The lowest BCUT2D eigenvalue weighted by Gasteiger charge is -2.06. The molecule has 28 heavy (non-hydrogen) atoms. The second-order valence-corrected chi connectivity index (χ2v) is 6.78. The van der Waals surface area contributed by atoms with E-state index in [0.29, 0.717) is 17.1 Å². The number of anilines is 1. The van der Waals surface area contributed by atoms with Gasteiger partial charge in [-0.25, -0.2) is 9.37 Å². The number of amides is 1. The maximum absolute atomic E-state index is 12.9. The van der Waals surface area contributed by atoms with E-state index in [9.17, 15) is 14.0 Å². The van der Waals surface area contributed by atoms with Crippen molar-refractivity contribution in [3.63, 3.8) is 0 Å². The van der Waals surface area contributed by atoms with E-state index in [4.69, 9.17) is 4.42 Å². The number of carbonyl (C=O) groups excluding carboxylic acids is 2. The van der Waals surface area contributed by atoms with E-state index in [-0.39, 0.29) is 30.4 Å². The number of rotatable bonds is 7. The highest BCUT2D eigenvalue weighted by atomic mass is 19.1. The van der Waals surface area contributed by atoms with Crippen molar-refractivity contribution in [1.82, 2.24) is 4.98 Å². The molecule has 3 rings (SSSR count). The lowest BCUT2D eigenvalue weighted by Crippen LogP contribution is -2.13. The molecular formula is C22H21FN2O3. The minimum atomic E-state index is -0.400. The first-order chi connectivity index (χ1) is 13.4. The molecule has 0 bridgehead atoms. The Kier molecular flexibility index (Phi) is 5.99. The van der Waals surface area contributed by atoms with Gasteiger partial charge in [-0.05, 0) is 48.5 Å². The van der Waals surface area contributed by atoms with Crippen LogP contribution in [0.3, 0.4) is 0 Å². The second kappa shape index (κ2) is 8.61. The number of halogens is 1. The average Bonchev–Trinajstić information content (AvgIpc) is 3.18.